The smallest absolute Gasteiger partial charge is 0.259 e. The predicted molar refractivity (Wildman–Crippen MR) is 143 cm³/mol. The number of nitrogens with zero attached hydrogens (tertiary/aromatic N) is 3. The highest BCUT2D eigenvalue weighted by atomic mass is 16.5. The fraction of sp³-hybridized carbons (Fsp3) is 0.207. The number of nitrogens with one attached hydrogen (secondary N) is 1. The van der Waals surface area contributed by atoms with Crippen molar-refractivity contribution in [2.24, 2.45) is 5.73 Å². The Kier molecular flexibility index (Phi) is 7.00. The van der Waals surface area contributed by atoms with Gasteiger partial charge in [0.2, 0.25) is 5.91 Å². The van der Waals surface area contributed by atoms with Crippen molar-refractivity contribution in [2.75, 3.05) is 19.0 Å². The van der Waals surface area contributed by atoms with Crippen LogP contribution in [0.25, 0.3) is 16.9 Å². The van der Waals surface area contributed by atoms with Crippen molar-refractivity contribution in [3.8, 4) is 22.7 Å². The van der Waals surface area contributed by atoms with Crippen LogP contribution in [0.4, 0.5) is 5.69 Å². The van der Waals surface area contributed by atoms with E-state index in [-0.39, 0.29) is 17.9 Å². The van der Waals surface area contributed by atoms with E-state index in [9.17, 15) is 9.59 Å². The van der Waals surface area contributed by atoms with E-state index in [1.54, 1.807) is 18.0 Å². The third kappa shape index (κ3) is 5.39. The zero-order valence-corrected chi connectivity index (χ0v) is 20.6. The lowest BCUT2D eigenvalue weighted by Gasteiger charge is -2.22. The van der Waals surface area contributed by atoms with Gasteiger partial charge in [-0.3, -0.25) is 14.5 Å². The molecule has 1 fully saturated rings. The monoisotopic (exact) mass is 495 g/mol. The van der Waals surface area contributed by atoms with Crippen LogP contribution in [0, 0.1) is 0 Å². The first-order valence-corrected chi connectivity index (χ1v) is 12.2. The minimum absolute atomic E-state index is 0.243. The van der Waals surface area contributed by atoms with Crippen LogP contribution >= 0.6 is 0 Å². The van der Waals surface area contributed by atoms with E-state index in [1.165, 1.54) is 0 Å². The van der Waals surface area contributed by atoms with Crippen LogP contribution in [0.3, 0.4) is 0 Å². The van der Waals surface area contributed by atoms with Gasteiger partial charge in [0.05, 0.1) is 24.4 Å². The van der Waals surface area contributed by atoms with E-state index in [2.05, 4.69) is 10.2 Å². The largest absolute Gasteiger partial charge is 0.497 e. The standard InChI is InChI=1S/C29H29N5O3/c1-37-24-13-6-9-21(17-24)27-25(19-34(32-27)23-11-3-2-4-12-23)29(36)31-22-10-5-8-20(16-22)18-33-15-7-14-26(33)28(30)35/h2-6,8-13,16-17,19,26H,7,14-15,18H2,1H3,(H2,30,35)(H,31,36). The molecule has 0 radical (unpaired) electrons. The number of ether oxygens (including phenoxy) is 1. The van der Waals surface area contributed by atoms with Gasteiger partial charge in [0, 0.05) is 24.0 Å². The number of para-hydroxylation sites is 1. The van der Waals surface area contributed by atoms with Crippen LogP contribution in [-0.4, -0.2) is 46.2 Å². The molecule has 1 unspecified atom stereocenters. The predicted octanol–water partition coefficient (Wildman–Crippen LogP) is 4.25. The van der Waals surface area contributed by atoms with Gasteiger partial charge in [-0.25, -0.2) is 4.68 Å². The van der Waals surface area contributed by atoms with Crippen LogP contribution in [0.2, 0.25) is 0 Å². The number of amides is 2. The normalized spacial score (nSPS) is 15.4. The molecule has 8 nitrogen and oxygen atoms in total. The van der Waals surface area contributed by atoms with Gasteiger partial charge in [-0.05, 0) is 61.3 Å². The molecule has 4 aromatic rings. The minimum atomic E-state index is -0.289. The van der Waals surface area contributed by atoms with Crippen LogP contribution in [0.1, 0.15) is 28.8 Å². The zero-order chi connectivity index (χ0) is 25.8. The van der Waals surface area contributed by atoms with Crippen molar-refractivity contribution in [1.82, 2.24) is 14.7 Å². The number of hydrogen-bond donors (Lipinski definition) is 2. The van der Waals surface area contributed by atoms with Gasteiger partial charge in [-0.15, -0.1) is 0 Å². The summed E-state index contributed by atoms with van der Waals surface area (Å²) in [7, 11) is 1.61. The fourth-order valence-corrected chi connectivity index (χ4v) is 4.75. The fourth-order valence-electron chi connectivity index (χ4n) is 4.75. The van der Waals surface area contributed by atoms with Gasteiger partial charge in [0.1, 0.15) is 11.4 Å². The number of anilines is 1. The summed E-state index contributed by atoms with van der Waals surface area (Å²) in [5.41, 5.74) is 9.86. The maximum Gasteiger partial charge on any atom is 0.259 e. The van der Waals surface area contributed by atoms with Crippen LogP contribution in [-0.2, 0) is 11.3 Å². The molecule has 0 spiro atoms. The van der Waals surface area contributed by atoms with Gasteiger partial charge in [0.15, 0.2) is 0 Å². The number of likely N-dealkylation sites (tertiary alicyclic amines) is 1. The summed E-state index contributed by atoms with van der Waals surface area (Å²) in [6.45, 7) is 1.42. The number of rotatable bonds is 8. The molecule has 0 aliphatic carbocycles. The average Bonchev–Trinajstić information content (AvgIpc) is 3.57. The van der Waals surface area contributed by atoms with Gasteiger partial charge in [-0.1, -0.05) is 42.5 Å². The summed E-state index contributed by atoms with van der Waals surface area (Å²) < 4.78 is 7.09. The number of carbonyl (C=O) groups is 2. The Balaban J connectivity index is 1.43. The number of nitrogens with two attached hydrogens (primary N) is 1. The van der Waals surface area contributed by atoms with Crippen molar-refractivity contribution in [2.45, 2.75) is 25.4 Å². The lowest BCUT2D eigenvalue weighted by Crippen LogP contribution is -2.39. The first-order valence-electron chi connectivity index (χ1n) is 12.2. The molecule has 2 heterocycles. The quantitative estimate of drug-likeness (QED) is 0.381. The first kappa shape index (κ1) is 24.3. The molecular formula is C29H29N5O3. The van der Waals surface area contributed by atoms with Crippen molar-refractivity contribution >= 4 is 17.5 Å². The minimum Gasteiger partial charge on any atom is -0.497 e. The molecule has 5 rings (SSSR count). The van der Waals surface area contributed by atoms with Crippen molar-refractivity contribution in [1.29, 1.82) is 0 Å². The van der Waals surface area contributed by atoms with E-state index in [4.69, 9.17) is 15.6 Å². The second-order valence-corrected chi connectivity index (χ2v) is 9.09. The second-order valence-electron chi connectivity index (χ2n) is 9.09. The SMILES string of the molecule is COc1cccc(-c2nn(-c3ccccc3)cc2C(=O)Nc2cccc(CN3CCCC3C(N)=O)c2)c1. The molecule has 37 heavy (non-hydrogen) atoms. The van der Waals surface area contributed by atoms with Gasteiger partial charge < -0.3 is 15.8 Å². The maximum atomic E-state index is 13.5. The molecule has 1 saturated heterocycles. The summed E-state index contributed by atoms with van der Waals surface area (Å²) >= 11 is 0. The molecule has 1 aliphatic heterocycles. The van der Waals surface area contributed by atoms with E-state index in [0.717, 1.165) is 36.2 Å². The van der Waals surface area contributed by atoms with Crippen molar-refractivity contribution < 1.29 is 14.3 Å². The Morgan fingerprint density at radius 1 is 1.05 bits per heavy atom. The highest BCUT2D eigenvalue weighted by Gasteiger charge is 2.28. The third-order valence-corrected chi connectivity index (χ3v) is 6.59. The van der Waals surface area contributed by atoms with E-state index in [1.807, 2.05) is 78.9 Å². The number of methoxy groups -OCH3 is 1. The van der Waals surface area contributed by atoms with Crippen LogP contribution in [0.15, 0.2) is 85.1 Å². The molecule has 0 bridgehead atoms. The second kappa shape index (κ2) is 10.7. The molecule has 2 amide bonds. The molecule has 0 saturated carbocycles. The van der Waals surface area contributed by atoms with Gasteiger partial charge >= 0.3 is 0 Å². The number of primary amides is 1. The number of carbonyl (C=O) groups excluding carboxylic acids is 2. The van der Waals surface area contributed by atoms with Crippen molar-refractivity contribution in [3.05, 3.63) is 96.2 Å². The number of benzene rings is 3. The highest BCUT2D eigenvalue weighted by Crippen LogP contribution is 2.28. The highest BCUT2D eigenvalue weighted by molar-refractivity contribution is 6.08. The van der Waals surface area contributed by atoms with E-state index in [0.29, 0.717) is 29.2 Å². The van der Waals surface area contributed by atoms with Gasteiger partial charge in [0.25, 0.3) is 5.91 Å². The topological polar surface area (TPSA) is 102 Å². The molecule has 3 aromatic carbocycles. The van der Waals surface area contributed by atoms with Gasteiger partial charge in [-0.2, -0.15) is 5.10 Å². The van der Waals surface area contributed by atoms with E-state index >= 15 is 0 Å². The molecular weight excluding hydrogens is 466 g/mol. The summed E-state index contributed by atoms with van der Waals surface area (Å²) in [4.78, 5) is 27.4. The number of aromatic nitrogens is 2. The third-order valence-electron chi connectivity index (χ3n) is 6.59. The number of hydrogen-bond acceptors (Lipinski definition) is 5. The summed E-state index contributed by atoms with van der Waals surface area (Å²) in [6, 6.07) is 24.6. The Morgan fingerprint density at radius 2 is 1.86 bits per heavy atom. The molecule has 8 heteroatoms. The molecule has 188 valence electrons. The average molecular weight is 496 g/mol. The zero-order valence-electron chi connectivity index (χ0n) is 20.6. The lowest BCUT2D eigenvalue weighted by atomic mass is 10.1. The summed E-state index contributed by atoms with van der Waals surface area (Å²) in [5, 5.41) is 7.78. The first-order chi connectivity index (χ1) is 18.0. The van der Waals surface area contributed by atoms with Crippen LogP contribution < -0.4 is 15.8 Å². The summed E-state index contributed by atoms with van der Waals surface area (Å²) in [5.74, 6) is 0.123. The van der Waals surface area contributed by atoms with E-state index < -0.39 is 0 Å². The molecule has 1 aromatic heterocycles. The summed E-state index contributed by atoms with van der Waals surface area (Å²) in [6.07, 6.45) is 3.47. The Bertz CT molecular complexity index is 1420. The van der Waals surface area contributed by atoms with Crippen LogP contribution in [0.5, 0.6) is 5.75 Å². The van der Waals surface area contributed by atoms with Crippen molar-refractivity contribution in [3.63, 3.8) is 0 Å². The molecule has 1 atom stereocenters. The maximum absolute atomic E-state index is 13.5. The lowest BCUT2D eigenvalue weighted by molar-refractivity contribution is -0.122. The Hall–Kier alpha value is -4.43. The Labute approximate surface area is 215 Å². The molecule has 1 aliphatic rings. The molecule has 3 N–H and O–H groups in total. The Morgan fingerprint density at radius 3 is 2.65 bits per heavy atom.